The highest BCUT2D eigenvalue weighted by Gasteiger charge is 2.12. The van der Waals surface area contributed by atoms with Crippen molar-refractivity contribution in [2.45, 2.75) is 6.54 Å². The van der Waals surface area contributed by atoms with Gasteiger partial charge in [-0.25, -0.2) is 0 Å². The molecule has 0 saturated heterocycles. The van der Waals surface area contributed by atoms with E-state index in [1.807, 2.05) is 0 Å². The second-order valence-corrected chi connectivity index (χ2v) is 5.46. The zero-order chi connectivity index (χ0) is 12.8. The molecular formula is C10H13ClN2O3S. The number of benzene rings is 1. The highest BCUT2D eigenvalue weighted by molar-refractivity contribution is 7.84. The lowest BCUT2D eigenvalue weighted by atomic mass is 10.2. The largest absolute Gasteiger partial charge is 0.312 e. The molecule has 1 N–H and O–H groups in total. The average Bonchev–Trinajstić information content (AvgIpc) is 2.25. The summed E-state index contributed by atoms with van der Waals surface area (Å²) in [5.74, 6) is 0.565. The van der Waals surface area contributed by atoms with Gasteiger partial charge in [0.2, 0.25) is 0 Å². The lowest BCUT2D eigenvalue weighted by Gasteiger charge is -2.04. The molecule has 1 atom stereocenters. The Balaban J connectivity index is 2.57. The van der Waals surface area contributed by atoms with Crippen LogP contribution in [0.3, 0.4) is 0 Å². The number of halogens is 1. The summed E-state index contributed by atoms with van der Waals surface area (Å²) in [4.78, 5) is 10.1. The first-order valence-electron chi connectivity index (χ1n) is 4.94. The molecular weight excluding hydrogens is 264 g/mol. The van der Waals surface area contributed by atoms with E-state index in [-0.39, 0.29) is 10.7 Å². The lowest BCUT2D eigenvalue weighted by Crippen LogP contribution is -2.19. The Hall–Kier alpha value is -0.980. The smallest absolute Gasteiger partial charge is 0.288 e. The molecule has 0 aliphatic rings. The minimum Gasteiger partial charge on any atom is -0.312 e. The lowest BCUT2D eigenvalue weighted by molar-refractivity contribution is -0.384. The molecule has 5 nitrogen and oxygen atoms in total. The molecule has 0 amide bonds. The molecule has 1 unspecified atom stereocenters. The Morgan fingerprint density at radius 1 is 1.53 bits per heavy atom. The molecule has 0 aromatic heterocycles. The molecule has 0 saturated carbocycles. The van der Waals surface area contributed by atoms with Crippen molar-refractivity contribution in [1.82, 2.24) is 5.32 Å². The second-order valence-electron chi connectivity index (χ2n) is 3.50. The summed E-state index contributed by atoms with van der Waals surface area (Å²) >= 11 is 5.69. The molecule has 17 heavy (non-hydrogen) atoms. The maximum absolute atomic E-state index is 10.8. The van der Waals surface area contributed by atoms with Crippen molar-refractivity contribution in [3.05, 3.63) is 38.9 Å². The number of rotatable bonds is 6. The fourth-order valence-corrected chi connectivity index (χ4v) is 1.88. The number of nitro benzene ring substituents is 1. The average molecular weight is 277 g/mol. The highest BCUT2D eigenvalue weighted by atomic mass is 35.5. The predicted octanol–water partition coefficient (Wildman–Crippen LogP) is 1.72. The molecule has 1 rings (SSSR count). The Morgan fingerprint density at radius 2 is 2.24 bits per heavy atom. The van der Waals surface area contributed by atoms with Gasteiger partial charge in [-0.15, -0.1) is 0 Å². The molecule has 1 aromatic carbocycles. The van der Waals surface area contributed by atoms with Crippen molar-refractivity contribution >= 4 is 28.1 Å². The molecule has 0 fully saturated rings. The molecule has 0 aliphatic heterocycles. The number of nitrogens with one attached hydrogen (secondary N) is 1. The minimum absolute atomic E-state index is 0.0926. The first-order valence-corrected chi connectivity index (χ1v) is 7.05. The van der Waals surface area contributed by atoms with Gasteiger partial charge < -0.3 is 5.32 Å². The van der Waals surface area contributed by atoms with Crippen molar-refractivity contribution in [3.8, 4) is 0 Å². The number of hydrogen-bond acceptors (Lipinski definition) is 4. The number of nitro groups is 1. The third kappa shape index (κ3) is 4.80. The van der Waals surface area contributed by atoms with Gasteiger partial charge in [-0.3, -0.25) is 14.3 Å². The molecule has 94 valence electrons. The van der Waals surface area contributed by atoms with Crippen molar-refractivity contribution in [2.75, 3.05) is 18.6 Å². The van der Waals surface area contributed by atoms with E-state index in [9.17, 15) is 14.3 Å². The van der Waals surface area contributed by atoms with Gasteiger partial charge in [0.15, 0.2) is 0 Å². The predicted molar refractivity (Wildman–Crippen MR) is 68.7 cm³/mol. The monoisotopic (exact) mass is 276 g/mol. The Labute approximate surface area is 107 Å². The van der Waals surface area contributed by atoms with Crippen LogP contribution in [0.2, 0.25) is 5.02 Å². The van der Waals surface area contributed by atoms with Crippen LogP contribution in [0, 0.1) is 10.1 Å². The van der Waals surface area contributed by atoms with Crippen molar-refractivity contribution < 1.29 is 9.13 Å². The summed E-state index contributed by atoms with van der Waals surface area (Å²) in [7, 11) is -0.831. The van der Waals surface area contributed by atoms with Gasteiger partial charge in [0, 0.05) is 42.0 Å². The van der Waals surface area contributed by atoms with Gasteiger partial charge in [0.25, 0.3) is 5.69 Å². The van der Waals surface area contributed by atoms with Crippen LogP contribution in [0.15, 0.2) is 18.2 Å². The Kier molecular flexibility index (Phi) is 5.54. The normalized spacial score (nSPS) is 12.4. The summed E-state index contributed by atoms with van der Waals surface area (Å²) in [6.07, 6.45) is 1.63. The van der Waals surface area contributed by atoms with E-state index in [1.54, 1.807) is 12.3 Å². The third-order valence-electron chi connectivity index (χ3n) is 2.10. The summed E-state index contributed by atoms with van der Waals surface area (Å²) in [5, 5.41) is 13.8. The van der Waals surface area contributed by atoms with Crippen LogP contribution < -0.4 is 5.32 Å². The molecule has 0 spiro atoms. The van der Waals surface area contributed by atoms with Crippen LogP contribution in [0.5, 0.6) is 0 Å². The summed E-state index contributed by atoms with van der Waals surface area (Å²) in [6.45, 7) is 1.11. The summed E-state index contributed by atoms with van der Waals surface area (Å²) in [6, 6.07) is 4.68. The van der Waals surface area contributed by atoms with E-state index in [1.165, 1.54) is 12.1 Å². The van der Waals surface area contributed by atoms with E-state index < -0.39 is 15.7 Å². The quantitative estimate of drug-likeness (QED) is 0.488. The maximum atomic E-state index is 10.8. The van der Waals surface area contributed by atoms with E-state index in [0.717, 1.165) is 5.56 Å². The van der Waals surface area contributed by atoms with Crippen molar-refractivity contribution in [3.63, 3.8) is 0 Å². The zero-order valence-corrected chi connectivity index (χ0v) is 10.9. The summed E-state index contributed by atoms with van der Waals surface area (Å²) < 4.78 is 10.8. The van der Waals surface area contributed by atoms with Gasteiger partial charge in [-0.2, -0.15) is 0 Å². The first kappa shape index (κ1) is 14.1. The molecule has 0 aliphatic carbocycles. The van der Waals surface area contributed by atoms with Crippen LogP contribution in [-0.4, -0.2) is 27.7 Å². The van der Waals surface area contributed by atoms with Crippen LogP contribution in [0.1, 0.15) is 5.56 Å². The highest BCUT2D eigenvalue weighted by Crippen LogP contribution is 2.24. The number of hydrogen-bond donors (Lipinski definition) is 1. The molecule has 1 aromatic rings. The molecule has 7 heteroatoms. The molecule has 0 bridgehead atoms. The maximum Gasteiger partial charge on any atom is 0.288 e. The third-order valence-corrected chi connectivity index (χ3v) is 3.20. The minimum atomic E-state index is -0.831. The fourth-order valence-electron chi connectivity index (χ4n) is 1.26. The van der Waals surface area contributed by atoms with E-state index in [0.29, 0.717) is 18.8 Å². The van der Waals surface area contributed by atoms with E-state index in [4.69, 9.17) is 11.6 Å². The Morgan fingerprint density at radius 3 is 2.82 bits per heavy atom. The van der Waals surface area contributed by atoms with Crippen LogP contribution in [0.25, 0.3) is 0 Å². The van der Waals surface area contributed by atoms with E-state index in [2.05, 4.69) is 5.32 Å². The van der Waals surface area contributed by atoms with Crippen LogP contribution >= 0.6 is 11.6 Å². The SMILES string of the molecule is CS(=O)CCNCc1ccc(Cl)c([N+](=O)[O-])c1. The topological polar surface area (TPSA) is 72.2 Å². The fraction of sp³-hybridized carbons (Fsp3) is 0.400. The van der Waals surface area contributed by atoms with Crippen molar-refractivity contribution in [2.24, 2.45) is 0 Å². The van der Waals surface area contributed by atoms with Gasteiger partial charge in [-0.05, 0) is 11.6 Å². The Bertz CT molecular complexity index is 440. The molecule has 0 heterocycles. The van der Waals surface area contributed by atoms with E-state index >= 15 is 0 Å². The van der Waals surface area contributed by atoms with Gasteiger partial charge >= 0.3 is 0 Å². The van der Waals surface area contributed by atoms with Crippen LogP contribution in [0.4, 0.5) is 5.69 Å². The molecule has 0 radical (unpaired) electrons. The van der Waals surface area contributed by atoms with Crippen LogP contribution in [-0.2, 0) is 17.3 Å². The van der Waals surface area contributed by atoms with Gasteiger partial charge in [0.1, 0.15) is 5.02 Å². The zero-order valence-electron chi connectivity index (χ0n) is 9.31. The standard InChI is InChI=1S/C10H13ClN2O3S/c1-17(16)5-4-12-7-8-2-3-9(11)10(6-8)13(14)15/h2-3,6,12H,4-5,7H2,1H3. The second kappa shape index (κ2) is 6.68. The number of nitrogens with zero attached hydrogens (tertiary/aromatic N) is 1. The van der Waals surface area contributed by atoms with Gasteiger partial charge in [0.05, 0.1) is 4.92 Å². The summed E-state index contributed by atoms with van der Waals surface area (Å²) in [5.41, 5.74) is 0.688. The first-order chi connectivity index (χ1) is 8.00. The van der Waals surface area contributed by atoms with Gasteiger partial charge in [-0.1, -0.05) is 17.7 Å². The van der Waals surface area contributed by atoms with Crippen molar-refractivity contribution in [1.29, 1.82) is 0 Å².